The lowest BCUT2D eigenvalue weighted by molar-refractivity contribution is -0.140. The Morgan fingerprint density at radius 3 is 2.65 bits per heavy atom. The highest BCUT2D eigenvalue weighted by Crippen LogP contribution is 2.31. The third-order valence-electron chi connectivity index (χ3n) is 3.23. The highest BCUT2D eigenvalue weighted by molar-refractivity contribution is 5.94. The molecule has 1 saturated heterocycles. The zero-order valence-electron chi connectivity index (χ0n) is 10.6. The molecule has 1 fully saturated rings. The lowest BCUT2D eigenvalue weighted by Gasteiger charge is -2.16. The van der Waals surface area contributed by atoms with Crippen LogP contribution < -0.4 is 5.32 Å². The largest absolute Gasteiger partial charge is 0.419 e. The molecule has 110 valence electrons. The van der Waals surface area contributed by atoms with E-state index in [1.165, 1.54) is 0 Å². The van der Waals surface area contributed by atoms with E-state index in [4.69, 9.17) is 4.74 Å². The van der Waals surface area contributed by atoms with Gasteiger partial charge in [-0.15, -0.1) is 0 Å². The maximum absolute atomic E-state index is 13.1. The van der Waals surface area contributed by atoms with Crippen molar-refractivity contribution >= 4 is 5.91 Å². The van der Waals surface area contributed by atoms with Crippen molar-refractivity contribution in [2.45, 2.75) is 31.7 Å². The van der Waals surface area contributed by atoms with Gasteiger partial charge < -0.3 is 10.1 Å². The van der Waals surface area contributed by atoms with E-state index in [1.54, 1.807) is 6.92 Å². The van der Waals surface area contributed by atoms with E-state index >= 15 is 0 Å². The van der Waals surface area contributed by atoms with Crippen LogP contribution in [-0.4, -0.2) is 24.7 Å². The minimum Gasteiger partial charge on any atom is -0.376 e. The Morgan fingerprint density at radius 1 is 1.40 bits per heavy atom. The predicted octanol–water partition coefficient (Wildman–Crippen LogP) is 2.75. The number of rotatable bonds is 2. The van der Waals surface area contributed by atoms with Crippen molar-refractivity contribution in [3.05, 3.63) is 35.1 Å². The van der Waals surface area contributed by atoms with Gasteiger partial charge >= 0.3 is 6.18 Å². The van der Waals surface area contributed by atoms with Crippen LogP contribution >= 0.6 is 0 Å². The summed E-state index contributed by atoms with van der Waals surface area (Å²) in [4.78, 5) is 11.9. The zero-order chi connectivity index (χ0) is 14.9. The van der Waals surface area contributed by atoms with E-state index in [9.17, 15) is 22.4 Å². The summed E-state index contributed by atoms with van der Waals surface area (Å²) in [5.41, 5.74) is -1.67. The monoisotopic (exact) mass is 291 g/mol. The average Bonchev–Trinajstić information content (AvgIpc) is 2.74. The Morgan fingerprint density at radius 2 is 2.10 bits per heavy atom. The molecule has 0 saturated carbocycles. The quantitative estimate of drug-likeness (QED) is 0.851. The number of carbonyl (C=O) groups excluding carboxylic acids is 1. The van der Waals surface area contributed by atoms with Crippen LogP contribution in [0.15, 0.2) is 18.2 Å². The number of alkyl halides is 3. The fourth-order valence-corrected chi connectivity index (χ4v) is 2.06. The van der Waals surface area contributed by atoms with Crippen LogP contribution in [-0.2, 0) is 10.9 Å². The van der Waals surface area contributed by atoms with Crippen LogP contribution in [0.4, 0.5) is 17.6 Å². The van der Waals surface area contributed by atoms with Crippen LogP contribution in [0.1, 0.15) is 29.3 Å². The second-order valence-corrected chi connectivity index (χ2v) is 4.64. The molecule has 1 amide bonds. The molecule has 0 bridgehead atoms. The molecule has 0 spiro atoms. The van der Waals surface area contributed by atoms with Gasteiger partial charge in [-0.2, -0.15) is 13.2 Å². The molecule has 0 radical (unpaired) electrons. The summed E-state index contributed by atoms with van der Waals surface area (Å²) in [5.74, 6) is -2.07. The standard InChI is InChI=1S/C13H13F4NO2/c1-7-11(4-5-20-7)18-12(19)8-2-3-10(14)9(6-8)13(15,16)17/h2-3,6-7,11H,4-5H2,1H3,(H,18,19). The highest BCUT2D eigenvalue weighted by Gasteiger charge is 2.35. The van der Waals surface area contributed by atoms with E-state index in [-0.39, 0.29) is 17.7 Å². The van der Waals surface area contributed by atoms with Crippen molar-refractivity contribution in [2.75, 3.05) is 6.61 Å². The first-order valence-corrected chi connectivity index (χ1v) is 6.08. The SMILES string of the molecule is CC1OCCC1NC(=O)c1ccc(F)c(C(F)(F)F)c1. The lowest BCUT2D eigenvalue weighted by atomic mass is 10.1. The smallest absolute Gasteiger partial charge is 0.376 e. The summed E-state index contributed by atoms with van der Waals surface area (Å²) in [6.45, 7) is 2.26. The Balaban J connectivity index is 2.18. The van der Waals surface area contributed by atoms with Gasteiger partial charge in [0.05, 0.1) is 17.7 Å². The van der Waals surface area contributed by atoms with Gasteiger partial charge in [0.15, 0.2) is 0 Å². The van der Waals surface area contributed by atoms with Crippen molar-refractivity contribution in [3.63, 3.8) is 0 Å². The van der Waals surface area contributed by atoms with Crippen LogP contribution in [0.25, 0.3) is 0 Å². The average molecular weight is 291 g/mol. The van der Waals surface area contributed by atoms with E-state index in [2.05, 4.69) is 5.32 Å². The van der Waals surface area contributed by atoms with Crippen molar-refractivity contribution in [1.82, 2.24) is 5.32 Å². The normalized spacial score (nSPS) is 22.9. The van der Waals surface area contributed by atoms with Gasteiger partial charge in [0.25, 0.3) is 5.91 Å². The number of nitrogens with one attached hydrogen (secondary N) is 1. The predicted molar refractivity (Wildman–Crippen MR) is 62.7 cm³/mol. The molecule has 7 heteroatoms. The third-order valence-corrected chi connectivity index (χ3v) is 3.23. The van der Waals surface area contributed by atoms with E-state index in [0.29, 0.717) is 25.2 Å². The molecule has 1 aromatic rings. The number of carbonyl (C=O) groups is 1. The summed E-state index contributed by atoms with van der Waals surface area (Å²) in [6, 6.07) is 1.94. The minimum absolute atomic E-state index is 0.193. The Kier molecular flexibility index (Phi) is 3.99. The maximum Gasteiger partial charge on any atom is 0.419 e. The first-order valence-electron chi connectivity index (χ1n) is 6.08. The van der Waals surface area contributed by atoms with Gasteiger partial charge in [0.2, 0.25) is 0 Å². The molecule has 2 rings (SSSR count). The van der Waals surface area contributed by atoms with E-state index in [0.717, 1.165) is 6.07 Å². The lowest BCUT2D eigenvalue weighted by Crippen LogP contribution is -2.39. The van der Waals surface area contributed by atoms with E-state index in [1.807, 2.05) is 0 Å². The van der Waals surface area contributed by atoms with Crippen LogP contribution in [0, 0.1) is 5.82 Å². The summed E-state index contributed by atoms with van der Waals surface area (Å²) in [6.07, 6.45) is -4.42. The van der Waals surface area contributed by atoms with Gasteiger partial charge in [-0.1, -0.05) is 0 Å². The number of benzene rings is 1. The molecule has 1 N–H and O–H groups in total. The zero-order valence-corrected chi connectivity index (χ0v) is 10.6. The molecule has 0 aliphatic carbocycles. The molecule has 2 atom stereocenters. The number of hydrogen-bond donors (Lipinski definition) is 1. The van der Waals surface area contributed by atoms with Crippen molar-refractivity contribution in [2.24, 2.45) is 0 Å². The fraction of sp³-hybridized carbons (Fsp3) is 0.462. The highest BCUT2D eigenvalue weighted by atomic mass is 19.4. The van der Waals surface area contributed by atoms with Crippen molar-refractivity contribution < 1.29 is 27.1 Å². The first-order chi connectivity index (χ1) is 9.29. The molecular formula is C13H13F4NO2. The molecule has 1 aliphatic heterocycles. The molecular weight excluding hydrogens is 278 g/mol. The topological polar surface area (TPSA) is 38.3 Å². The number of halogens is 4. The molecule has 1 aliphatic rings. The van der Waals surface area contributed by atoms with Gasteiger partial charge in [-0.05, 0) is 31.5 Å². The van der Waals surface area contributed by atoms with Crippen LogP contribution in [0.5, 0.6) is 0 Å². The summed E-state index contributed by atoms with van der Waals surface area (Å²) in [7, 11) is 0. The minimum atomic E-state index is -4.83. The fourth-order valence-electron chi connectivity index (χ4n) is 2.06. The summed E-state index contributed by atoms with van der Waals surface area (Å²) in [5, 5.41) is 2.59. The number of hydrogen-bond acceptors (Lipinski definition) is 2. The van der Waals surface area contributed by atoms with E-state index < -0.39 is 23.5 Å². The number of amides is 1. The summed E-state index contributed by atoms with van der Waals surface area (Å²) >= 11 is 0. The molecule has 3 nitrogen and oxygen atoms in total. The molecule has 20 heavy (non-hydrogen) atoms. The number of ether oxygens (including phenoxy) is 1. The second kappa shape index (κ2) is 5.40. The van der Waals surface area contributed by atoms with Gasteiger partial charge in [-0.25, -0.2) is 4.39 Å². The third kappa shape index (κ3) is 3.09. The molecule has 1 heterocycles. The van der Waals surface area contributed by atoms with Crippen molar-refractivity contribution in [3.8, 4) is 0 Å². The van der Waals surface area contributed by atoms with Crippen LogP contribution in [0.3, 0.4) is 0 Å². The van der Waals surface area contributed by atoms with Crippen LogP contribution in [0.2, 0.25) is 0 Å². The Bertz CT molecular complexity index is 516. The maximum atomic E-state index is 13.1. The van der Waals surface area contributed by atoms with Gasteiger partial charge in [-0.3, -0.25) is 4.79 Å². The Hall–Kier alpha value is -1.63. The second-order valence-electron chi connectivity index (χ2n) is 4.64. The van der Waals surface area contributed by atoms with Gasteiger partial charge in [0.1, 0.15) is 5.82 Å². The van der Waals surface area contributed by atoms with Gasteiger partial charge in [0, 0.05) is 12.2 Å². The Labute approximate surface area is 112 Å². The first kappa shape index (κ1) is 14.8. The molecule has 2 unspecified atom stereocenters. The summed E-state index contributed by atoms with van der Waals surface area (Å²) < 4.78 is 56.1. The molecule has 0 aromatic heterocycles. The van der Waals surface area contributed by atoms with Crippen molar-refractivity contribution in [1.29, 1.82) is 0 Å². The molecule has 1 aromatic carbocycles.